The SMILES string of the molecule is O=C(O)c1cc([N+](=O)[O-])ccc1S(=O)(=O)N1CCNCC1. The molecule has 21 heavy (non-hydrogen) atoms. The number of carboxylic acid groups (broad SMARTS) is 1. The molecule has 2 rings (SSSR count). The fourth-order valence-electron chi connectivity index (χ4n) is 2.05. The van der Waals surface area contributed by atoms with Crippen LogP contribution in [0.25, 0.3) is 0 Å². The summed E-state index contributed by atoms with van der Waals surface area (Å²) in [6.45, 7) is 1.37. The predicted octanol–water partition coefficient (Wildman–Crippen LogP) is -0.113. The fraction of sp³-hybridized carbons (Fsp3) is 0.364. The highest BCUT2D eigenvalue weighted by molar-refractivity contribution is 7.89. The van der Waals surface area contributed by atoms with Crippen LogP contribution in [0.5, 0.6) is 0 Å². The Balaban J connectivity index is 2.51. The van der Waals surface area contributed by atoms with Crippen LogP contribution in [0.3, 0.4) is 0 Å². The summed E-state index contributed by atoms with van der Waals surface area (Å²) in [5.74, 6) is -1.52. The monoisotopic (exact) mass is 315 g/mol. The van der Waals surface area contributed by atoms with Crippen LogP contribution in [0.1, 0.15) is 10.4 Å². The number of hydrogen-bond donors (Lipinski definition) is 2. The van der Waals surface area contributed by atoms with E-state index in [-0.39, 0.29) is 13.1 Å². The van der Waals surface area contributed by atoms with Crippen LogP contribution in [0.2, 0.25) is 0 Å². The maximum absolute atomic E-state index is 12.5. The van der Waals surface area contributed by atoms with Crippen LogP contribution < -0.4 is 5.32 Å². The summed E-state index contributed by atoms with van der Waals surface area (Å²) in [4.78, 5) is 20.7. The van der Waals surface area contributed by atoms with Gasteiger partial charge in [0, 0.05) is 38.3 Å². The third-order valence-electron chi connectivity index (χ3n) is 3.10. The number of non-ortho nitro benzene ring substituents is 1. The van der Waals surface area contributed by atoms with E-state index in [2.05, 4.69) is 5.32 Å². The molecule has 2 N–H and O–H groups in total. The van der Waals surface area contributed by atoms with Gasteiger partial charge in [-0.1, -0.05) is 0 Å². The standard InChI is InChI=1S/C11H13N3O6S/c15-11(16)9-7-8(14(17)18)1-2-10(9)21(19,20)13-5-3-12-4-6-13/h1-2,7,12H,3-6H2,(H,15,16). The van der Waals surface area contributed by atoms with Gasteiger partial charge in [-0.15, -0.1) is 0 Å². The highest BCUT2D eigenvalue weighted by Crippen LogP contribution is 2.25. The van der Waals surface area contributed by atoms with Gasteiger partial charge in [0.2, 0.25) is 10.0 Å². The van der Waals surface area contributed by atoms with E-state index in [0.717, 1.165) is 22.5 Å². The lowest BCUT2D eigenvalue weighted by Gasteiger charge is -2.27. The second kappa shape index (κ2) is 5.76. The molecule has 1 aromatic carbocycles. The van der Waals surface area contributed by atoms with Crippen molar-refractivity contribution < 1.29 is 23.2 Å². The number of piperazine rings is 1. The first kappa shape index (κ1) is 15.4. The van der Waals surface area contributed by atoms with Crippen molar-refractivity contribution in [2.24, 2.45) is 0 Å². The first-order valence-electron chi connectivity index (χ1n) is 6.06. The van der Waals surface area contributed by atoms with Gasteiger partial charge >= 0.3 is 5.97 Å². The third kappa shape index (κ3) is 3.01. The Kier molecular flexibility index (Phi) is 4.21. The Bertz CT molecular complexity index is 681. The van der Waals surface area contributed by atoms with Crippen LogP contribution in [0.15, 0.2) is 23.1 Å². The van der Waals surface area contributed by atoms with E-state index in [1.54, 1.807) is 0 Å². The molecular weight excluding hydrogens is 302 g/mol. The summed E-state index contributed by atoms with van der Waals surface area (Å²) in [5.41, 5.74) is -1.06. The minimum atomic E-state index is -3.99. The Morgan fingerprint density at radius 1 is 1.33 bits per heavy atom. The number of sulfonamides is 1. The molecule has 1 aliphatic rings. The number of rotatable bonds is 4. The van der Waals surface area contributed by atoms with Crippen LogP contribution in [-0.2, 0) is 10.0 Å². The Morgan fingerprint density at radius 2 is 1.95 bits per heavy atom. The van der Waals surface area contributed by atoms with Gasteiger partial charge in [-0.3, -0.25) is 10.1 Å². The molecule has 1 saturated heterocycles. The lowest BCUT2D eigenvalue weighted by molar-refractivity contribution is -0.384. The number of nitro benzene ring substituents is 1. The molecule has 1 aromatic rings. The molecule has 0 unspecified atom stereocenters. The lowest BCUT2D eigenvalue weighted by Crippen LogP contribution is -2.46. The van der Waals surface area contributed by atoms with Gasteiger partial charge in [-0.2, -0.15) is 4.31 Å². The second-order valence-corrected chi connectivity index (χ2v) is 6.30. The van der Waals surface area contributed by atoms with Crippen molar-refractivity contribution in [1.82, 2.24) is 9.62 Å². The van der Waals surface area contributed by atoms with Crippen molar-refractivity contribution in [1.29, 1.82) is 0 Å². The lowest BCUT2D eigenvalue weighted by atomic mass is 10.2. The van der Waals surface area contributed by atoms with Crippen LogP contribution in [0.4, 0.5) is 5.69 Å². The third-order valence-corrected chi connectivity index (χ3v) is 5.05. The quantitative estimate of drug-likeness (QED) is 0.585. The molecule has 0 aliphatic carbocycles. The van der Waals surface area contributed by atoms with Gasteiger partial charge in [-0.25, -0.2) is 13.2 Å². The summed E-state index contributed by atoms with van der Waals surface area (Å²) in [7, 11) is -3.99. The molecule has 0 amide bonds. The second-order valence-electron chi connectivity index (χ2n) is 4.40. The largest absolute Gasteiger partial charge is 0.478 e. The molecule has 0 saturated carbocycles. The smallest absolute Gasteiger partial charge is 0.337 e. The molecule has 114 valence electrons. The molecule has 0 radical (unpaired) electrons. The Hall–Kier alpha value is -2.04. The summed E-state index contributed by atoms with van der Waals surface area (Å²) < 4.78 is 26.1. The minimum absolute atomic E-state index is 0.221. The van der Waals surface area contributed by atoms with E-state index in [4.69, 9.17) is 5.11 Å². The van der Waals surface area contributed by atoms with E-state index in [9.17, 15) is 23.3 Å². The van der Waals surface area contributed by atoms with Crippen molar-refractivity contribution in [3.63, 3.8) is 0 Å². The van der Waals surface area contributed by atoms with E-state index >= 15 is 0 Å². The maximum atomic E-state index is 12.5. The molecule has 1 aliphatic heterocycles. The van der Waals surface area contributed by atoms with Crippen molar-refractivity contribution in [2.45, 2.75) is 4.90 Å². The van der Waals surface area contributed by atoms with E-state index in [0.29, 0.717) is 13.1 Å². The average Bonchev–Trinajstić information content (AvgIpc) is 2.47. The molecule has 0 bridgehead atoms. The van der Waals surface area contributed by atoms with Crippen molar-refractivity contribution in [3.05, 3.63) is 33.9 Å². The van der Waals surface area contributed by atoms with E-state index in [1.165, 1.54) is 0 Å². The topological polar surface area (TPSA) is 130 Å². The molecular formula is C11H13N3O6S. The van der Waals surface area contributed by atoms with Gasteiger partial charge in [-0.05, 0) is 6.07 Å². The number of hydrogen-bond acceptors (Lipinski definition) is 6. The zero-order valence-electron chi connectivity index (χ0n) is 10.9. The van der Waals surface area contributed by atoms with Crippen LogP contribution in [0, 0.1) is 10.1 Å². The predicted molar refractivity (Wildman–Crippen MR) is 71.7 cm³/mol. The highest BCUT2D eigenvalue weighted by Gasteiger charge is 2.31. The van der Waals surface area contributed by atoms with E-state index < -0.39 is 37.1 Å². The van der Waals surface area contributed by atoms with Crippen molar-refractivity contribution >= 4 is 21.7 Å². The highest BCUT2D eigenvalue weighted by atomic mass is 32.2. The zero-order valence-corrected chi connectivity index (χ0v) is 11.7. The maximum Gasteiger partial charge on any atom is 0.337 e. The number of benzene rings is 1. The Labute approximate surface area is 120 Å². The number of nitrogens with zero attached hydrogens (tertiary/aromatic N) is 2. The summed E-state index contributed by atoms with van der Waals surface area (Å²) >= 11 is 0. The Morgan fingerprint density at radius 3 is 2.48 bits per heavy atom. The van der Waals surface area contributed by atoms with Gasteiger partial charge in [0.25, 0.3) is 5.69 Å². The molecule has 0 atom stereocenters. The molecule has 0 aromatic heterocycles. The van der Waals surface area contributed by atoms with Crippen molar-refractivity contribution in [3.8, 4) is 0 Å². The van der Waals surface area contributed by atoms with Gasteiger partial charge in [0.05, 0.1) is 15.4 Å². The van der Waals surface area contributed by atoms with Crippen LogP contribution in [-0.4, -0.2) is 54.9 Å². The number of nitrogens with one attached hydrogen (secondary N) is 1. The normalized spacial score (nSPS) is 16.6. The molecule has 1 heterocycles. The summed E-state index contributed by atoms with van der Waals surface area (Å²) in [6.07, 6.45) is 0. The van der Waals surface area contributed by atoms with Crippen molar-refractivity contribution in [2.75, 3.05) is 26.2 Å². The molecule has 1 fully saturated rings. The first-order valence-corrected chi connectivity index (χ1v) is 7.50. The van der Waals surface area contributed by atoms with Gasteiger partial charge < -0.3 is 10.4 Å². The number of aromatic carboxylic acids is 1. The first-order chi connectivity index (χ1) is 9.84. The minimum Gasteiger partial charge on any atom is -0.478 e. The molecule has 9 nitrogen and oxygen atoms in total. The van der Waals surface area contributed by atoms with Crippen LogP contribution >= 0.6 is 0 Å². The van der Waals surface area contributed by atoms with Gasteiger partial charge in [0.15, 0.2) is 0 Å². The zero-order chi connectivity index (χ0) is 15.6. The van der Waals surface area contributed by atoms with Gasteiger partial charge in [0.1, 0.15) is 0 Å². The average molecular weight is 315 g/mol. The number of nitro groups is 1. The summed E-state index contributed by atoms with van der Waals surface area (Å²) in [6, 6.07) is 2.72. The number of carbonyl (C=O) groups is 1. The number of carboxylic acids is 1. The fourth-order valence-corrected chi connectivity index (χ4v) is 3.65. The molecule has 0 spiro atoms. The summed E-state index contributed by atoms with van der Waals surface area (Å²) in [5, 5.41) is 22.8. The molecule has 10 heteroatoms. The van der Waals surface area contributed by atoms with E-state index in [1.807, 2.05) is 0 Å².